The fraction of sp³-hybridized carbons (Fsp3) is 0.318. The maximum absolute atomic E-state index is 11.9. The van der Waals surface area contributed by atoms with E-state index in [0.717, 1.165) is 11.1 Å². The Hall–Kier alpha value is -3.55. The van der Waals surface area contributed by atoms with Crippen molar-refractivity contribution in [1.82, 2.24) is 5.32 Å². The number of hydrogen-bond donors (Lipinski definition) is 4. The summed E-state index contributed by atoms with van der Waals surface area (Å²) in [6.07, 6.45) is 0.249. The molecule has 1 amide bonds. The summed E-state index contributed by atoms with van der Waals surface area (Å²) in [6, 6.07) is 12.7. The number of benzene rings is 2. The number of nitrogens with two attached hydrogens (primary N) is 1. The van der Waals surface area contributed by atoms with Gasteiger partial charge in [-0.05, 0) is 36.6 Å². The molecule has 0 aromatic heterocycles. The number of amides is 1. The summed E-state index contributed by atoms with van der Waals surface area (Å²) in [6.45, 7) is 2.57. The van der Waals surface area contributed by atoms with Crippen LogP contribution in [0.15, 0.2) is 42.5 Å². The topological polar surface area (TPSA) is 135 Å². The normalized spacial score (nSPS) is 18.0. The molecule has 0 saturated carbocycles. The third kappa shape index (κ3) is 5.08. The van der Waals surface area contributed by atoms with Gasteiger partial charge in [-0.25, -0.2) is 0 Å². The summed E-state index contributed by atoms with van der Waals surface area (Å²) in [5.41, 5.74) is 8.04. The molecule has 2 atom stereocenters. The smallest absolute Gasteiger partial charge is 0.304 e. The molecule has 0 bridgehead atoms. The van der Waals surface area contributed by atoms with Crippen molar-refractivity contribution in [3.8, 4) is 22.6 Å². The van der Waals surface area contributed by atoms with Gasteiger partial charge in [0.1, 0.15) is 12.4 Å². The molecule has 158 valence electrons. The highest BCUT2D eigenvalue weighted by atomic mass is 16.5. The highest BCUT2D eigenvalue weighted by molar-refractivity contribution is 5.95. The average molecular weight is 411 g/mol. The molecule has 8 heteroatoms. The number of carbonyl (C=O) groups is 2. The van der Waals surface area contributed by atoms with Crippen molar-refractivity contribution in [3.05, 3.63) is 48.0 Å². The summed E-state index contributed by atoms with van der Waals surface area (Å²) in [4.78, 5) is 22.8. The predicted molar refractivity (Wildman–Crippen MR) is 112 cm³/mol. The Bertz CT molecular complexity index is 942. The second kappa shape index (κ2) is 9.30. The van der Waals surface area contributed by atoms with Crippen molar-refractivity contribution in [1.29, 1.82) is 5.41 Å². The Morgan fingerprint density at radius 2 is 1.87 bits per heavy atom. The molecule has 8 nitrogen and oxygen atoms in total. The van der Waals surface area contributed by atoms with Crippen LogP contribution in [0.3, 0.4) is 0 Å². The van der Waals surface area contributed by atoms with Crippen molar-refractivity contribution < 1.29 is 24.2 Å². The van der Waals surface area contributed by atoms with Gasteiger partial charge in [-0.15, -0.1) is 0 Å². The van der Waals surface area contributed by atoms with E-state index in [0.29, 0.717) is 30.1 Å². The first-order chi connectivity index (χ1) is 14.4. The lowest BCUT2D eigenvalue weighted by Gasteiger charge is -2.16. The number of hydrogen-bond acceptors (Lipinski definition) is 5. The molecule has 0 radical (unpaired) electrons. The van der Waals surface area contributed by atoms with Gasteiger partial charge in [-0.1, -0.05) is 30.3 Å². The number of nitrogens with one attached hydrogen (secondary N) is 2. The minimum atomic E-state index is -0.984. The van der Waals surface area contributed by atoms with E-state index in [2.05, 4.69) is 5.32 Å². The van der Waals surface area contributed by atoms with E-state index in [4.69, 9.17) is 25.7 Å². The molecular weight excluding hydrogens is 386 g/mol. The molecule has 1 fully saturated rings. The second-order valence-corrected chi connectivity index (χ2v) is 7.13. The molecule has 5 N–H and O–H groups in total. The lowest BCUT2D eigenvalue weighted by atomic mass is 10.0. The summed E-state index contributed by atoms with van der Waals surface area (Å²) in [7, 11) is 0. The Morgan fingerprint density at radius 1 is 1.17 bits per heavy atom. The number of amidine groups is 1. The zero-order chi connectivity index (χ0) is 21.7. The molecule has 1 saturated heterocycles. The maximum atomic E-state index is 11.9. The highest BCUT2D eigenvalue weighted by Gasteiger charge is 2.33. The standard InChI is InChI=1S/C22H25N3O5/c1-2-29-19-10-15(13-3-5-14(6-4-13)21(23)24)7-8-18(19)30-12-17-9-16(11-20(26)27)22(28)25-17/h3-8,10,16-17H,2,9,11-12H2,1H3,(H3,23,24)(H,25,28)(H,26,27)/t16-,17-/m0/s1. The van der Waals surface area contributed by atoms with E-state index in [1.165, 1.54) is 0 Å². The molecule has 3 rings (SSSR count). The van der Waals surface area contributed by atoms with Crippen LogP contribution in [0.25, 0.3) is 11.1 Å². The van der Waals surface area contributed by atoms with Gasteiger partial charge < -0.3 is 25.6 Å². The Kier molecular flexibility index (Phi) is 6.56. The number of carbonyl (C=O) groups excluding carboxylic acids is 1. The van der Waals surface area contributed by atoms with Crippen LogP contribution in [0.5, 0.6) is 11.5 Å². The van der Waals surface area contributed by atoms with E-state index in [1.807, 2.05) is 37.3 Å². The summed E-state index contributed by atoms with van der Waals surface area (Å²) in [5.74, 6) is -0.607. The van der Waals surface area contributed by atoms with Crippen molar-refractivity contribution in [3.63, 3.8) is 0 Å². The molecule has 2 aromatic carbocycles. The number of nitrogen functional groups attached to an aromatic ring is 1. The van der Waals surface area contributed by atoms with Gasteiger partial charge in [0, 0.05) is 5.56 Å². The molecular formula is C22H25N3O5. The van der Waals surface area contributed by atoms with Crippen LogP contribution < -0.4 is 20.5 Å². The maximum Gasteiger partial charge on any atom is 0.304 e. The number of aliphatic carboxylic acids is 1. The van der Waals surface area contributed by atoms with Gasteiger partial charge in [-0.2, -0.15) is 0 Å². The highest BCUT2D eigenvalue weighted by Crippen LogP contribution is 2.33. The van der Waals surface area contributed by atoms with Crippen LogP contribution in [-0.2, 0) is 9.59 Å². The van der Waals surface area contributed by atoms with Crippen LogP contribution in [0.1, 0.15) is 25.3 Å². The van der Waals surface area contributed by atoms with Crippen LogP contribution >= 0.6 is 0 Å². The lowest BCUT2D eigenvalue weighted by Crippen LogP contribution is -2.31. The van der Waals surface area contributed by atoms with E-state index in [9.17, 15) is 9.59 Å². The first-order valence-corrected chi connectivity index (χ1v) is 9.74. The molecule has 1 aliphatic rings. The zero-order valence-corrected chi connectivity index (χ0v) is 16.7. The van der Waals surface area contributed by atoms with Gasteiger partial charge in [0.15, 0.2) is 11.5 Å². The molecule has 0 spiro atoms. The van der Waals surface area contributed by atoms with Gasteiger partial charge in [0.25, 0.3) is 0 Å². The van der Waals surface area contributed by atoms with E-state index < -0.39 is 11.9 Å². The third-order valence-corrected chi connectivity index (χ3v) is 4.92. The largest absolute Gasteiger partial charge is 0.490 e. The summed E-state index contributed by atoms with van der Waals surface area (Å²) in [5, 5.41) is 19.2. The SMILES string of the molecule is CCOc1cc(-c2ccc(C(=N)N)cc2)ccc1OC[C@@H]1C[C@@H](CC(=O)O)C(=O)N1. The second-order valence-electron chi connectivity index (χ2n) is 7.13. The van der Waals surface area contributed by atoms with Crippen LogP contribution in [0, 0.1) is 11.3 Å². The minimum Gasteiger partial charge on any atom is -0.490 e. The third-order valence-electron chi connectivity index (χ3n) is 4.92. The van der Waals surface area contributed by atoms with Crippen molar-refractivity contribution in [2.45, 2.75) is 25.8 Å². The monoisotopic (exact) mass is 411 g/mol. The predicted octanol–water partition coefficient (Wildman–Crippen LogP) is 2.39. The van der Waals surface area contributed by atoms with Gasteiger partial charge >= 0.3 is 5.97 Å². The fourth-order valence-electron chi connectivity index (χ4n) is 3.43. The van der Waals surface area contributed by atoms with Gasteiger partial charge in [0.05, 0.1) is 25.0 Å². The van der Waals surface area contributed by atoms with Gasteiger partial charge in [-0.3, -0.25) is 15.0 Å². The molecule has 0 aliphatic carbocycles. The average Bonchev–Trinajstić information content (AvgIpc) is 3.06. The summed E-state index contributed by atoms with van der Waals surface area (Å²) < 4.78 is 11.6. The van der Waals surface area contributed by atoms with Gasteiger partial charge in [0.2, 0.25) is 5.91 Å². The van der Waals surface area contributed by atoms with Crippen LogP contribution in [0.4, 0.5) is 0 Å². The Balaban J connectivity index is 1.70. The molecule has 30 heavy (non-hydrogen) atoms. The first kappa shape index (κ1) is 21.2. The fourth-order valence-corrected chi connectivity index (χ4v) is 3.43. The number of ether oxygens (including phenoxy) is 2. The van der Waals surface area contributed by atoms with Crippen molar-refractivity contribution in [2.24, 2.45) is 11.7 Å². The zero-order valence-electron chi connectivity index (χ0n) is 16.7. The molecule has 0 unspecified atom stereocenters. The lowest BCUT2D eigenvalue weighted by molar-refractivity contribution is -0.140. The number of carboxylic acid groups (broad SMARTS) is 1. The van der Waals surface area contributed by atoms with E-state index in [-0.39, 0.29) is 30.8 Å². The Morgan fingerprint density at radius 3 is 2.50 bits per heavy atom. The summed E-state index contributed by atoms with van der Waals surface area (Å²) >= 11 is 0. The Labute approximate surface area is 174 Å². The molecule has 2 aromatic rings. The number of carboxylic acids is 1. The quantitative estimate of drug-likeness (QED) is 0.370. The van der Waals surface area contributed by atoms with Crippen LogP contribution in [0.2, 0.25) is 0 Å². The van der Waals surface area contributed by atoms with Crippen molar-refractivity contribution in [2.75, 3.05) is 13.2 Å². The first-order valence-electron chi connectivity index (χ1n) is 9.74. The number of rotatable bonds is 9. The molecule has 1 aliphatic heterocycles. The van der Waals surface area contributed by atoms with E-state index in [1.54, 1.807) is 12.1 Å². The van der Waals surface area contributed by atoms with Crippen LogP contribution in [-0.4, -0.2) is 42.1 Å². The minimum absolute atomic E-state index is 0.0184. The van der Waals surface area contributed by atoms with E-state index >= 15 is 0 Å². The van der Waals surface area contributed by atoms with Crippen molar-refractivity contribution >= 4 is 17.7 Å². The molecule has 1 heterocycles.